The van der Waals surface area contributed by atoms with Crippen molar-refractivity contribution in [3.8, 4) is 0 Å². The Morgan fingerprint density at radius 3 is 2.81 bits per heavy atom. The second kappa shape index (κ2) is 6.24. The lowest BCUT2D eigenvalue weighted by Crippen LogP contribution is -2.17. The Kier molecular flexibility index (Phi) is 4.18. The van der Waals surface area contributed by atoms with Crippen LogP contribution in [-0.4, -0.2) is 21.1 Å². The molecule has 0 aliphatic rings. The summed E-state index contributed by atoms with van der Waals surface area (Å²) in [5, 5.41) is 8.57. The second-order valence-electron chi connectivity index (χ2n) is 5.10. The molecule has 1 N–H and O–H groups in total. The maximum Gasteiger partial charge on any atom is 0.155 e. The summed E-state index contributed by atoms with van der Waals surface area (Å²) in [6, 6.07) is 9.94. The van der Waals surface area contributed by atoms with Crippen molar-refractivity contribution in [2.75, 3.05) is 6.54 Å². The van der Waals surface area contributed by atoms with Crippen molar-refractivity contribution >= 4 is 17.2 Å². The number of fused-ring (bicyclic) bond motifs is 1. The minimum atomic E-state index is 0.778. The van der Waals surface area contributed by atoms with E-state index in [1.807, 2.05) is 42.0 Å². The van der Waals surface area contributed by atoms with Crippen LogP contribution in [0, 0.1) is 6.92 Å². The highest BCUT2D eigenvalue weighted by Crippen LogP contribution is 2.09. The van der Waals surface area contributed by atoms with Crippen molar-refractivity contribution in [1.29, 1.82) is 0 Å². The Labute approximate surface area is 128 Å². The first-order valence-electron chi connectivity index (χ1n) is 6.97. The van der Waals surface area contributed by atoms with Crippen LogP contribution in [0.4, 0.5) is 0 Å². The molecular formula is C16H17ClN4. The van der Waals surface area contributed by atoms with Gasteiger partial charge in [0.2, 0.25) is 0 Å². The average molecular weight is 301 g/mol. The lowest BCUT2D eigenvalue weighted by atomic mass is 10.1. The number of hydrogen-bond donors (Lipinski definition) is 1. The molecule has 0 aliphatic carbocycles. The van der Waals surface area contributed by atoms with Gasteiger partial charge >= 0.3 is 0 Å². The normalized spacial score (nSPS) is 11.1. The number of nitrogens with one attached hydrogen (secondary N) is 1. The molecule has 21 heavy (non-hydrogen) atoms. The predicted octanol–water partition coefficient (Wildman–Crippen LogP) is 3.02. The molecule has 2 aromatic heterocycles. The number of nitrogens with zero attached hydrogens (tertiary/aromatic N) is 3. The molecule has 3 aromatic rings. The zero-order valence-corrected chi connectivity index (χ0v) is 12.6. The molecule has 0 aliphatic heterocycles. The van der Waals surface area contributed by atoms with E-state index in [2.05, 4.69) is 27.5 Å². The first-order valence-corrected chi connectivity index (χ1v) is 7.34. The minimum Gasteiger partial charge on any atom is -0.312 e. The monoisotopic (exact) mass is 300 g/mol. The van der Waals surface area contributed by atoms with Gasteiger partial charge in [-0.05, 0) is 37.6 Å². The molecule has 1 aromatic carbocycles. The molecule has 0 saturated heterocycles. The molecule has 0 saturated carbocycles. The van der Waals surface area contributed by atoms with E-state index < -0.39 is 0 Å². The number of aryl methyl sites for hydroxylation is 1. The summed E-state index contributed by atoms with van der Waals surface area (Å²) >= 11 is 5.87. The highest BCUT2D eigenvalue weighted by atomic mass is 35.5. The van der Waals surface area contributed by atoms with Gasteiger partial charge in [0.25, 0.3) is 0 Å². The second-order valence-corrected chi connectivity index (χ2v) is 5.54. The lowest BCUT2D eigenvalue weighted by molar-refractivity contribution is 0.680. The highest BCUT2D eigenvalue weighted by Gasteiger charge is 2.00. The van der Waals surface area contributed by atoms with Crippen LogP contribution in [0.3, 0.4) is 0 Å². The van der Waals surface area contributed by atoms with Gasteiger partial charge in [0.05, 0.1) is 5.69 Å². The van der Waals surface area contributed by atoms with E-state index in [1.54, 1.807) is 0 Å². The number of aromatic nitrogens is 3. The van der Waals surface area contributed by atoms with E-state index in [0.717, 1.165) is 41.4 Å². The summed E-state index contributed by atoms with van der Waals surface area (Å²) in [6.07, 6.45) is 4.89. The number of rotatable bonds is 5. The van der Waals surface area contributed by atoms with Gasteiger partial charge in [-0.3, -0.25) is 0 Å². The average Bonchev–Trinajstić information content (AvgIpc) is 2.85. The van der Waals surface area contributed by atoms with E-state index in [4.69, 9.17) is 11.6 Å². The molecule has 3 rings (SSSR count). The van der Waals surface area contributed by atoms with E-state index in [1.165, 1.54) is 5.56 Å². The van der Waals surface area contributed by atoms with Crippen molar-refractivity contribution in [3.63, 3.8) is 0 Å². The number of hydrogen-bond acceptors (Lipinski definition) is 3. The van der Waals surface area contributed by atoms with Gasteiger partial charge in [-0.2, -0.15) is 5.10 Å². The quantitative estimate of drug-likeness (QED) is 0.737. The summed E-state index contributed by atoms with van der Waals surface area (Å²) in [4.78, 5) is 4.39. The van der Waals surface area contributed by atoms with E-state index in [9.17, 15) is 0 Å². The summed E-state index contributed by atoms with van der Waals surface area (Å²) in [6.45, 7) is 3.67. The van der Waals surface area contributed by atoms with Crippen LogP contribution in [0.15, 0.2) is 42.7 Å². The van der Waals surface area contributed by atoms with Crippen molar-refractivity contribution in [3.05, 3.63) is 64.6 Å². The molecule has 0 atom stereocenters. The molecule has 108 valence electrons. The van der Waals surface area contributed by atoms with Gasteiger partial charge in [0, 0.05) is 35.6 Å². The number of halogens is 1. The third-order valence-electron chi connectivity index (χ3n) is 3.32. The Morgan fingerprint density at radius 1 is 1.19 bits per heavy atom. The molecule has 0 unspecified atom stereocenters. The standard InChI is InChI=1S/C16H17ClN4/c1-12-8-16-19-10-14(11-21(16)20-12)9-18-7-6-13-2-4-15(17)5-3-13/h2-5,8,10-11,18H,6-7,9H2,1H3. The summed E-state index contributed by atoms with van der Waals surface area (Å²) in [7, 11) is 0. The van der Waals surface area contributed by atoms with Crippen molar-refractivity contribution in [2.45, 2.75) is 19.9 Å². The fourth-order valence-corrected chi connectivity index (χ4v) is 2.37. The largest absolute Gasteiger partial charge is 0.312 e. The van der Waals surface area contributed by atoms with Crippen LogP contribution in [0.2, 0.25) is 5.02 Å². The summed E-state index contributed by atoms with van der Waals surface area (Å²) in [5.74, 6) is 0. The summed E-state index contributed by atoms with van der Waals surface area (Å²) in [5.41, 5.74) is 4.28. The maximum absolute atomic E-state index is 5.87. The van der Waals surface area contributed by atoms with Gasteiger partial charge in [-0.15, -0.1) is 0 Å². The molecule has 0 amide bonds. The van der Waals surface area contributed by atoms with Crippen LogP contribution in [-0.2, 0) is 13.0 Å². The third kappa shape index (κ3) is 3.60. The Morgan fingerprint density at radius 2 is 2.00 bits per heavy atom. The van der Waals surface area contributed by atoms with E-state index >= 15 is 0 Å². The van der Waals surface area contributed by atoms with Crippen LogP contribution < -0.4 is 5.32 Å². The van der Waals surface area contributed by atoms with Crippen LogP contribution in [0.5, 0.6) is 0 Å². The zero-order chi connectivity index (χ0) is 14.7. The predicted molar refractivity (Wildman–Crippen MR) is 84.6 cm³/mol. The van der Waals surface area contributed by atoms with Gasteiger partial charge in [0.1, 0.15) is 0 Å². The lowest BCUT2D eigenvalue weighted by Gasteiger charge is -2.05. The molecule has 4 nitrogen and oxygen atoms in total. The molecule has 0 bridgehead atoms. The SMILES string of the molecule is Cc1cc2ncc(CNCCc3ccc(Cl)cc3)cn2n1. The maximum atomic E-state index is 5.87. The van der Waals surface area contributed by atoms with Crippen molar-refractivity contribution in [1.82, 2.24) is 19.9 Å². The summed E-state index contributed by atoms with van der Waals surface area (Å²) < 4.78 is 1.82. The fourth-order valence-electron chi connectivity index (χ4n) is 2.24. The molecule has 5 heteroatoms. The molecule has 0 radical (unpaired) electrons. The van der Waals surface area contributed by atoms with Crippen LogP contribution >= 0.6 is 11.6 Å². The molecule has 2 heterocycles. The van der Waals surface area contributed by atoms with Gasteiger partial charge in [0.15, 0.2) is 5.65 Å². The van der Waals surface area contributed by atoms with Crippen molar-refractivity contribution < 1.29 is 0 Å². The van der Waals surface area contributed by atoms with E-state index in [0.29, 0.717) is 0 Å². The first-order chi connectivity index (χ1) is 10.2. The van der Waals surface area contributed by atoms with Crippen LogP contribution in [0.25, 0.3) is 5.65 Å². The van der Waals surface area contributed by atoms with Crippen LogP contribution in [0.1, 0.15) is 16.8 Å². The van der Waals surface area contributed by atoms with Gasteiger partial charge in [-0.25, -0.2) is 9.50 Å². The Balaban J connectivity index is 1.53. The van der Waals surface area contributed by atoms with Gasteiger partial charge < -0.3 is 5.32 Å². The molecule has 0 fully saturated rings. The van der Waals surface area contributed by atoms with Crippen molar-refractivity contribution in [2.24, 2.45) is 0 Å². The third-order valence-corrected chi connectivity index (χ3v) is 3.57. The highest BCUT2D eigenvalue weighted by molar-refractivity contribution is 6.30. The topological polar surface area (TPSA) is 42.2 Å². The first kappa shape index (κ1) is 14.0. The minimum absolute atomic E-state index is 0.778. The van der Waals surface area contributed by atoms with E-state index in [-0.39, 0.29) is 0 Å². The molecule has 0 spiro atoms. The zero-order valence-electron chi connectivity index (χ0n) is 11.9. The number of benzene rings is 1. The smallest absolute Gasteiger partial charge is 0.155 e. The fraction of sp³-hybridized carbons (Fsp3) is 0.250. The van der Waals surface area contributed by atoms with Gasteiger partial charge in [-0.1, -0.05) is 23.7 Å². The molecular weight excluding hydrogens is 284 g/mol. The Bertz CT molecular complexity index is 734. The Hall–Kier alpha value is -1.91.